The van der Waals surface area contributed by atoms with Crippen molar-refractivity contribution in [2.75, 3.05) is 13.1 Å². The van der Waals surface area contributed by atoms with Crippen LogP contribution in [0.25, 0.3) is 0 Å². The lowest BCUT2D eigenvalue weighted by Gasteiger charge is -2.34. The molecule has 15 heavy (non-hydrogen) atoms. The molecule has 4 nitrogen and oxygen atoms in total. The number of ether oxygens (including phenoxy) is 1. The summed E-state index contributed by atoms with van der Waals surface area (Å²) in [6.07, 6.45) is 3.95. The van der Waals surface area contributed by atoms with Crippen molar-refractivity contribution < 1.29 is 4.74 Å². The molecule has 1 aromatic rings. The van der Waals surface area contributed by atoms with Gasteiger partial charge < -0.3 is 10.1 Å². The molecular weight excluding hydrogens is 190 g/mol. The molecule has 0 amide bonds. The zero-order chi connectivity index (χ0) is 10.9. The van der Waals surface area contributed by atoms with Crippen molar-refractivity contribution in [3.05, 3.63) is 11.8 Å². The van der Waals surface area contributed by atoms with Crippen LogP contribution in [0.5, 0.6) is 5.88 Å². The third-order valence-electron chi connectivity index (χ3n) is 3.06. The van der Waals surface area contributed by atoms with Crippen LogP contribution in [0.15, 0.2) is 6.20 Å². The maximum Gasteiger partial charge on any atom is 0.214 e. The molecule has 1 saturated heterocycles. The lowest BCUT2D eigenvalue weighted by atomic mass is 9.94. The SMILES string of the molecule is Cc1cnn(C)c1OC1(C)CCNCC1. The quantitative estimate of drug-likeness (QED) is 0.796. The molecule has 0 aromatic carbocycles. The number of rotatable bonds is 2. The second-order valence-electron chi connectivity index (χ2n) is 4.56. The highest BCUT2D eigenvalue weighted by molar-refractivity contribution is 5.22. The number of aryl methyl sites for hydroxylation is 2. The summed E-state index contributed by atoms with van der Waals surface area (Å²) in [5, 5.41) is 7.54. The van der Waals surface area contributed by atoms with Gasteiger partial charge in [0.25, 0.3) is 0 Å². The minimum atomic E-state index is -0.0379. The fourth-order valence-electron chi connectivity index (χ4n) is 1.97. The summed E-state index contributed by atoms with van der Waals surface area (Å²) in [5.74, 6) is 0.902. The van der Waals surface area contributed by atoms with Crippen molar-refractivity contribution >= 4 is 0 Å². The maximum atomic E-state index is 6.10. The summed E-state index contributed by atoms with van der Waals surface area (Å²) >= 11 is 0. The molecule has 1 aromatic heterocycles. The van der Waals surface area contributed by atoms with Crippen LogP contribution >= 0.6 is 0 Å². The van der Waals surface area contributed by atoms with E-state index in [-0.39, 0.29) is 5.60 Å². The van der Waals surface area contributed by atoms with E-state index >= 15 is 0 Å². The Hall–Kier alpha value is -1.03. The van der Waals surface area contributed by atoms with E-state index in [2.05, 4.69) is 17.3 Å². The lowest BCUT2D eigenvalue weighted by Crippen LogP contribution is -2.44. The fraction of sp³-hybridized carbons (Fsp3) is 0.727. The summed E-state index contributed by atoms with van der Waals surface area (Å²) in [5.41, 5.74) is 1.07. The van der Waals surface area contributed by atoms with Gasteiger partial charge in [0.15, 0.2) is 0 Å². The van der Waals surface area contributed by atoms with Gasteiger partial charge in [-0.25, -0.2) is 4.68 Å². The Bertz CT molecular complexity index is 320. The fourth-order valence-corrected chi connectivity index (χ4v) is 1.97. The molecule has 1 N–H and O–H groups in total. The normalized spacial score (nSPS) is 20.2. The third kappa shape index (κ3) is 2.15. The van der Waals surface area contributed by atoms with Gasteiger partial charge in [-0.2, -0.15) is 5.10 Å². The van der Waals surface area contributed by atoms with Crippen LogP contribution in [0.1, 0.15) is 25.3 Å². The second-order valence-corrected chi connectivity index (χ2v) is 4.56. The van der Waals surface area contributed by atoms with Gasteiger partial charge in [0, 0.05) is 12.6 Å². The van der Waals surface area contributed by atoms with E-state index in [9.17, 15) is 0 Å². The highest BCUT2D eigenvalue weighted by Gasteiger charge is 2.30. The molecule has 1 fully saturated rings. The van der Waals surface area contributed by atoms with Crippen LogP contribution in [-0.4, -0.2) is 28.5 Å². The Morgan fingerprint density at radius 3 is 2.67 bits per heavy atom. The van der Waals surface area contributed by atoms with Crippen LogP contribution in [0.3, 0.4) is 0 Å². The third-order valence-corrected chi connectivity index (χ3v) is 3.06. The predicted octanol–water partition coefficient (Wildman–Crippen LogP) is 1.25. The van der Waals surface area contributed by atoms with Crippen molar-refractivity contribution in [1.82, 2.24) is 15.1 Å². The van der Waals surface area contributed by atoms with E-state index in [0.717, 1.165) is 37.4 Å². The van der Waals surface area contributed by atoms with Crippen LogP contribution in [0, 0.1) is 6.92 Å². The number of hydrogen-bond acceptors (Lipinski definition) is 3. The summed E-state index contributed by atoms with van der Waals surface area (Å²) in [7, 11) is 1.92. The molecule has 0 saturated carbocycles. The zero-order valence-corrected chi connectivity index (χ0v) is 9.71. The van der Waals surface area contributed by atoms with E-state index in [1.165, 1.54) is 0 Å². The van der Waals surface area contributed by atoms with E-state index in [4.69, 9.17) is 4.74 Å². The molecule has 2 rings (SSSR count). The van der Waals surface area contributed by atoms with Crippen molar-refractivity contribution in [3.63, 3.8) is 0 Å². The van der Waals surface area contributed by atoms with Gasteiger partial charge in [-0.1, -0.05) is 0 Å². The van der Waals surface area contributed by atoms with E-state index in [1.54, 1.807) is 0 Å². The molecule has 0 unspecified atom stereocenters. The monoisotopic (exact) mass is 209 g/mol. The van der Waals surface area contributed by atoms with Gasteiger partial charge in [-0.05, 0) is 39.8 Å². The Balaban J connectivity index is 2.13. The van der Waals surface area contributed by atoms with Crippen molar-refractivity contribution in [2.24, 2.45) is 7.05 Å². The summed E-state index contributed by atoms with van der Waals surface area (Å²) < 4.78 is 7.91. The lowest BCUT2D eigenvalue weighted by molar-refractivity contribution is 0.0458. The van der Waals surface area contributed by atoms with E-state index in [1.807, 2.05) is 24.9 Å². The molecule has 4 heteroatoms. The summed E-state index contributed by atoms with van der Waals surface area (Å²) in [6, 6.07) is 0. The Labute approximate surface area is 90.6 Å². The molecule has 0 radical (unpaired) electrons. The summed E-state index contributed by atoms with van der Waals surface area (Å²) in [6.45, 7) is 6.29. The smallest absolute Gasteiger partial charge is 0.214 e. The van der Waals surface area contributed by atoms with Gasteiger partial charge in [0.2, 0.25) is 5.88 Å². The minimum absolute atomic E-state index is 0.0379. The summed E-state index contributed by atoms with van der Waals surface area (Å²) in [4.78, 5) is 0. The molecular formula is C11H19N3O. The topological polar surface area (TPSA) is 39.1 Å². The maximum absolute atomic E-state index is 6.10. The number of aromatic nitrogens is 2. The van der Waals surface area contributed by atoms with Crippen LogP contribution in [0.2, 0.25) is 0 Å². The van der Waals surface area contributed by atoms with Crippen molar-refractivity contribution in [1.29, 1.82) is 0 Å². The van der Waals surface area contributed by atoms with Gasteiger partial charge in [0.05, 0.1) is 6.20 Å². The first-order valence-electron chi connectivity index (χ1n) is 5.49. The average Bonchev–Trinajstić information content (AvgIpc) is 2.50. The van der Waals surface area contributed by atoms with Crippen LogP contribution < -0.4 is 10.1 Å². The van der Waals surface area contributed by atoms with Gasteiger partial charge in [-0.15, -0.1) is 0 Å². The first-order valence-corrected chi connectivity index (χ1v) is 5.49. The van der Waals surface area contributed by atoms with Gasteiger partial charge in [0.1, 0.15) is 5.60 Å². The average molecular weight is 209 g/mol. The molecule has 1 aliphatic rings. The zero-order valence-electron chi connectivity index (χ0n) is 9.71. The van der Waals surface area contributed by atoms with Crippen LogP contribution in [-0.2, 0) is 7.05 Å². The number of hydrogen-bond donors (Lipinski definition) is 1. The molecule has 1 aliphatic heterocycles. The van der Waals surface area contributed by atoms with Crippen LogP contribution in [0.4, 0.5) is 0 Å². The number of nitrogens with zero attached hydrogens (tertiary/aromatic N) is 2. The molecule has 0 aliphatic carbocycles. The van der Waals surface area contributed by atoms with E-state index < -0.39 is 0 Å². The Morgan fingerprint density at radius 2 is 2.13 bits per heavy atom. The Morgan fingerprint density at radius 1 is 1.47 bits per heavy atom. The molecule has 0 spiro atoms. The van der Waals surface area contributed by atoms with E-state index in [0.29, 0.717) is 0 Å². The number of nitrogens with one attached hydrogen (secondary N) is 1. The highest BCUT2D eigenvalue weighted by Crippen LogP contribution is 2.27. The standard InChI is InChI=1S/C11H19N3O/c1-9-8-13-14(3)10(9)15-11(2)4-6-12-7-5-11/h8,12H,4-7H2,1-3H3. The van der Waals surface area contributed by atoms with Gasteiger partial charge >= 0.3 is 0 Å². The molecule has 0 bridgehead atoms. The molecule has 2 heterocycles. The van der Waals surface area contributed by atoms with Gasteiger partial charge in [-0.3, -0.25) is 0 Å². The molecule has 0 atom stereocenters. The Kier molecular flexibility index (Phi) is 2.69. The van der Waals surface area contributed by atoms with Crippen molar-refractivity contribution in [3.8, 4) is 5.88 Å². The second kappa shape index (κ2) is 3.85. The van der Waals surface area contributed by atoms with Crippen molar-refractivity contribution in [2.45, 2.75) is 32.3 Å². The largest absolute Gasteiger partial charge is 0.471 e. The highest BCUT2D eigenvalue weighted by atomic mass is 16.5. The first kappa shape index (κ1) is 10.5. The first-order chi connectivity index (χ1) is 7.11. The number of piperidine rings is 1. The predicted molar refractivity (Wildman–Crippen MR) is 59.1 cm³/mol. The minimum Gasteiger partial charge on any atom is -0.471 e. The molecule has 84 valence electrons.